The Hall–Kier alpha value is -2.71. The topological polar surface area (TPSA) is 48.7 Å². The molecule has 1 heterocycles. The van der Waals surface area contributed by atoms with E-state index in [2.05, 4.69) is 12.3 Å². The first kappa shape index (κ1) is 17.6. The van der Waals surface area contributed by atoms with Crippen LogP contribution in [-0.4, -0.2) is 13.7 Å². The maximum Gasteiger partial charge on any atom is 0.336 e. The number of benzene rings is 1. The quantitative estimate of drug-likeness (QED) is 0.445. The lowest BCUT2D eigenvalue weighted by Gasteiger charge is -2.07. The summed E-state index contributed by atoms with van der Waals surface area (Å²) in [5.74, 6) is 1.35. The largest absolute Gasteiger partial charge is 0.501 e. The minimum atomic E-state index is -0.356. The number of fused-ring (bicyclic) bond motifs is 1. The summed E-state index contributed by atoms with van der Waals surface area (Å²) < 4.78 is 16.0. The molecule has 2 rings (SSSR count). The van der Waals surface area contributed by atoms with Crippen LogP contribution in [0.1, 0.15) is 25.8 Å². The molecule has 0 saturated carbocycles. The maximum absolute atomic E-state index is 11.5. The van der Waals surface area contributed by atoms with Crippen molar-refractivity contribution in [3.63, 3.8) is 0 Å². The first-order valence-electron chi connectivity index (χ1n) is 7.70. The molecule has 0 unspecified atom stereocenters. The van der Waals surface area contributed by atoms with Gasteiger partial charge in [-0.2, -0.15) is 0 Å². The Labute approximate surface area is 141 Å². The molecule has 0 spiro atoms. The highest BCUT2D eigenvalue weighted by molar-refractivity contribution is 5.81. The highest BCUT2D eigenvalue weighted by Crippen LogP contribution is 2.22. The van der Waals surface area contributed by atoms with E-state index < -0.39 is 0 Å². The molecule has 0 bridgehead atoms. The normalized spacial score (nSPS) is 10.2. The summed E-state index contributed by atoms with van der Waals surface area (Å²) in [5.41, 5.74) is 6.32. The van der Waals surface area contributed by atoms with Crippen LogP contribution >= 0.6 is 0 Å². The van der Waals surface area contributed by atoms with E-state index in [-0.39, 0.29) is 5.63 Å². The van der Waals surface area contributed by atoms with E-state index in [1.54, 1.807) is 13.2 Å². The SMILES string of the molecule is C=C(CC(C)=C=C(C)COc1ccc2c(C)cc(=O)oc2c1)OC. The Balaban J connectivity index is 2.14. The van der Waals surface area contributed by atoms with Crippen LogP contribution in [-0.2, 0) is 4.74 Å². The van der Waals surface area contributed by atoms with E-state index in [0.29, 0.717) is 30.1 Å². The third-order valence-corrected chi connectivity index (χ3v) is 3.56. The number of allylic oxidation sites excluding steroid dienone is 1. The fourth-order valence-corrected chi connectivity index (χ4v) is 2.40. The third kappa shape index (κ3) is 4.64. The van der Waals surface area contributed by atoms with E-state index in [1.165, 1.54) is 6.07 Å². The predicted octanol–water partition coefficient (Wildman–Crippen LogP) is 4.52. The summed E-state index contributed by atoms with van der Waals surface area (Å²) >= 11 is 0. The second-order valence-electron chi connectivity index (χ2n) is 5.80. The van der Waals surface area contributed by atoms with Gasteiger partial charge in [-0.05, 0) is 44.0 Å². The van der Waals surface area contributed by atoms with E-state index >= 15 is 0 Å². The summed E-state index contributed by atoms with van der Waals surface area (Å²) in [6.07, 6.45) is 0.647. The minimum Gasteiger partial charge on any atom is -0.501 e. The van der Waals surface area contributed by atoms with Crippen LogP contribution in [0.15, 0.2) is 62.7 Å². The molecule has 2 aromatic rings. The first-order chi connectivity index (χ1) is 11.4. The van der Waals surface area contributed by atoms with Crippen LogP contribution in [0.5, 0.6) is 5.75 Å². The van der Waals surface area contributed by atoms with Crippen molar-refractivity contribution < 1.29 is 13.9 Å². The molecule has 0 atom stereocenters. The van der Waals surface area contributed by atoms with Gasteiger partial charge in [0.05, 0.1) is 12.9 Å². The van der Waals surface area contributed by atoms with Crippen LogP contribution < -0.4 is 10.4 Å². The highest BCUT2D eigenvalue weighted by atomic mass is 16.5. The molecule has 0 fully saturated rings. The molecule has 126 valence electrons. The van der Waals surface area contributed by atoms with Crippen molar-refractivity contribution in [3.05, 3.63) is 69.5 Å². The smallest absolute Gasteiger partial charge is 0.336 e. The number of rotatable bonds is 6. The lowest BCUT2D eigenvalue weighted by molar-refractivity contribution is 0.285. The van der Waals surface area contributed by atoms with Crippen LogP contribution in [0, 0.1) is 6.92 Å². The van der Waals surface area contributed by atoms with Crippen molar-refractivity contribution in [1.29, 1.82) is 0 Å². The van der Waals surface area contributed by atoms with Crippen LogP contribution in [0.2, 0.25) is 0 Å². The van der Waals surface area contributed by atoms with Crippen molar-refractivity contribution in [2.24, 2.45) is 0 Å². The van der Waals surface area contributed by atoms with Gasteiger partial charge in [-0.15, -0.1) is 5.73 Å². The lowest BCUT2D eigenvalue weighted by atomic mass is 10.1. The third-order valence-electron chi connectivity index (χ3n) is 3.56. The maximum atomic E-state index is 11.5. The van der Waals surface area contributed by atoms with Crippen LogP contribution in [0.3, 0.4) is 0 Å². The number of hydrogen-bond donors (Lipinski definition) is 0. The fraction of sp³-hybridized carbons (Fsp3) is 0.300. The van der Waals surface area contributed by atoms with Gasteiger partial charge in [0.25, 0.3) is 0 Å². The van der Waals surface area contributed by atoms with Gasteiger partial charge in [0, 0.05) is 29.5 Å². The van der Waals surface area contributed by atoms with Gasteiger partial charge >= 0.3 is 5.63 Å². The number of hydrogen-bond acceptors (Lipinski definition) is 4. The molecule has 4 nitrogen and oxygen atoms in total. The molecule has 1 aromatic heterocycles. The van der Waals surface area contributed by atoms with Crippen molar-refractivity contribution >= 4 is 11.0 Å². The zero-order chi connectivity index (χ0) is 17.7. The van der Waals surface area contributed by atoms with Gasteiger partial charge in [0.15, 0.2) is 0 Å². The zero-order valence-electron chi connectivity index (χ0n) is 14.6. The summed E-state index contributed by atoms with van der Waals surface area (Å²) in [5, 5.41) is 0.906. The first-order valence-corrected chi connectivity index (χ1v) is 7.70. The Kier molecular flexibility index (Phi) is 5.67. The van der Waals surface area contributed by atoms with Crippen molar-refractivity contribution in [2.45, 2.75) is 27.2 Å². The number of aryl methyl sites for hydroxylation is 1. The fourth-order valence-electron chi connectivity index (χ4n) is 2.40. The minimum absolute atomic E-state index is 0.356. The molecule has 0 saturated heterocycles. The standard InChI is InChI=1S/C20H22O4/c1-13(9-16(4)22-5)8-14(2)12-23-17-6-7-18-15(3)10-20(21)24-19(18)11-17/h6-7,10-11H,4,9,12H2,1-3,5H3. The van der Waals surface area contributed by atoms with Crippen LogP contribution in [0.25, 0.3) is 11.0 Å². The molecule has 1 aromatic carbocycles. The Morgan fingerprint density at radius 3 is 2.71 bits per heavy atom. The molecule has 4 heteroatoms. The zero-order valence-corrected chi connectivity index (χ0v) is 14.6. The van der Waals surface area contributed by atoms with E-state index in [9.17, 15) is 4.79 Å². The van der Waals surface area contributed by atoms with E-state index in [4.69, 9.17) is 13.9 Å². The van der Waals surface area contributed by atoms with Crippen molar-refractivity contribution in [2.75, 3.05) is 13.7 Å². The molecule has 0 aliphatic rings. The van der Waals surface area contributed by atoms with Crippen LogP contribution in [0.4, 0.5) is 0 Å². The second-order valence-corrected chi connectivity index (χ2v) is 5.80. The molecule has 0 radical (unpaired) electrons. The average molecular weight is 326 g/mol. The molecule has 0 aliphatic heterocycles. The summed E-state index contributed by atoms with van der Waals surface area (Å²) in [4.78, 5) is 11.5. The molecular formula is C20H22O4. The molecule has 0 N–H and O–H groups in total. The van der Waals surface area contributed by atoms with Gasteiger partial charge in [-0.3, -0.25) is 0 Å². The predicted molar refractivity (Wildman–Crippen MR) is 95.4 cm³/mol. The summed E-state index contributed by atoms with van der Waals surface area (Å²) in [6.45, 7) is 10.0. The van der Waals surface area contributed by atoms with Crippen molar-refractivity contribution in [1.82, 2.24) is 0 Å². The van der Waals surface area contributed by atoms with Gasteiger partial charge in [-0.1, -0.05) is 6.58 Å². The second kappa shape index (κ2) is 7.71. The molecular weight excluding hydrogens is 304 g/mol. The van der Waals surface area contributed by atoms with Gasteiger partial charge in [0.1, 0.15) is 17.9 Å². The molecule has 0 aliphatic carbocycles. The van der Waals surface area contributed by atoms with Gasteiger partial charge in [0.2, 0.25) is 0 Å². The summed E-state index contributed by atoms with van der Waals surface area (Å²) in [7, 11) is 1.61. The number of ether oxygens (including phenoxy) is 2. The summed E-state index contributed by atoms with van der Waals surface area (Å²) in [6, 6.07) is 6.98. The van der Waals surface area contributed by atoms with E-state index in [1.807, 2.05) is 32.9 Å². The Morgan fingerprint density at radius 2 is 2.00 bits per heavy atom. The molecule has 24 heavy (non-hydrogen) atoms. The number of methoxy groups -OCH3 is 1. The lowest BCUT2D eigenvalue weighted by Crippen LogP contribution is -2.00. The Morgan fingerprint density at radius 1 is 1.25 bits per heavy atom. The molecule has 0 amide bonds. The van der Waals surface area contributed by atoms with Gasteiger partial charge < -0.3 is 13.9 Å². The monoisotopic (exact) mass is 326 g/mol. The highest BCUT2D eigenvalue weighted by Gasteiger charge is 2.04. The van der Waals surface area contributed by atoms with Crippen molar-refractivity contribution in [3.8, 4) is 5.75 Å². The Bertz CT molecular complexity index is 880. The van der Waals surface area contributed by atoms with E-state index in [0.717, 1.165) is 22.1 Å². The average Bonchev–Trinajstić information content (AvgIpc) is 2.52. The van der Waals surface area contributed by atoms with Gasteiger partial charge in [-0.25, -0.2) is 4.79 Å².